The highest BCUT2D eigenvalue weighted by molar-refractivity contribution is 5.44. The van der Waals surface area contributed by atoms with Crippen molar-refractivity contribution in [2.24, 2.45) is 0 Å². The van der Waals surface area contributed by atoms with E-state index in [9.17, 15) is 5.11 Å². The molecule has 1 aromatic rings. The van der Waals surface area contributed by atoms with E-state index >= 15 is 0 Å². The third-order valence-corrected chi connectivity index (χ3v) is 4.51. The van der Waals surface area contributed by atoms with E-state index in [2.05, 4.69) is 52.8 Å². The van der Waals surface area contributed by atoms with Crippen molar-refractivity contribution < 1.29 is 5.11 Å². The molecule has 1 aromatic carbocycles. The summed E-state index contributed by atoms with van der Waals surface area (Å²) in [6.45, 7) is 11.2. The molecule has 1 heteroatoms. The van der Waals surface area contributed by atoms with Gasteiger partial charge < -0.3 is 5.11 Å². The van der Waals surface area contributed by atoms with Crippen molar-refractivity contribution in [1.29, 1.82) is 0 Å². The van der Waals surface area contributed by atoms with Crippen LogP contribution in [-0.4, -0.2) is 5.11 Å². The Hall–Kier alpha value is -0.820. The first kappa shape index (κ1) is 12.6. The van der Waals surface area contributed by atoms with Gasteiger partial charge in [0.1, 0.15) is 0 Å². The molecule has 17 heavy (non-hydrogen) atoms. The van der Waals surface area contributed by atoms with E-state index in [4.69, 9.17) is 0 Å². The molecule has 0 saturated heterocycles. The van der Waals surface area contributed by atoms with E-state index in [0.717, 1.165) is 18.4 Å². The zero-order chi connectivity index (χ0) is 12.8. The number of hydrogen-bond donors (Lipinski definition) is 1. The fourth-order valence-corrected chi connectivity index (χ4v) is 2.78. The summed E-state index contributed by atoms with van der Waals surface area (Å²) in [6, 6.07) is 6.68. The molecule has 0 spiro atoms. The van der Waals surface area contributed by atoms with Crippen LogP contribution in [0, 0.1) is 0 Å². The van der Waals surface area contributed by atoms with Gasteiger partial charge in [0.05, 0.1) is 6.10 Å². The van der Waals surface area contributed by atoms with Gasteiger partial charge in [-0.25, -0.2) is 0 Å². The first-order chi connectivity index (χ1) is 7.78. The summed E-state index contributed by atoms with van der Waals surface area (Å²) in [5.74, 6) is 0. The second-order valence-corrected chi connectivity index (χ2v) is 6.64. The molecule has 1 N–H and O–H groups in total. The summed E-state index contributed by atoms with van der Waals surface area (Å²) >= 11 is 0. The lowest BCUT2D eigenvalue weighted by Crippen LogP contribution is -2.16. The molecule has 1 aliphatic rings. The van der Waals surface area contributed by atoms with Crippen molar-refractivity contribution >= 4 is 0 Å². The van der Waals surface area contributed by atoms with Crippen LogP contribution in [0.25, 0.3) is 0 Å². The highest BCUT2D eigenvalue weighted by Crippen LogP contribution is 2.45. The van der Waals surface area contributed by atoms with Crippen LogP contribution >= 0.6 is 0 Å². The smallest absolute Gasteiger partial charge is 0.0801 e. The fourth-order valence-electron chi connectivity index (χ4n) is 2.78. The number of aliphatic hydroxyl groups is 1. The Labute approximate surface area is 105 Å². The Morgan fingerprint density at radius 2 is 2.00 bits per heavy atom. The summed E-state index contributed by atoms with van der Waals surface area (Å²) in [7, 11) is 0. The second-order valence-electron chi connectivity index (χ2n) is 6.64. The van der Waals surface area contributed by atoms with Gasteiger partial charge in [0.2, 0.25) is 0 Å². The van der Waals surface area contributed by atoms with Crippen molar-refractivity contribution in [3.05, 3.63) is 34.9 Å². The summed E-state index contributed by atoms with van der Waals surface area (Å²) in [5, 5.41) is 10.2. The van der Waals surface area contributed by atoms with E-state index in [-0.39, 0.29) is 16.9 Å². The number of hydrogen-bond acceptors (Lipinski definition) is 1. The number of aliphatic hydroxyl groups excluding tert-OH is 1. The van der Waals surface area contributed by atoms with Crippen LogP contribution in [0.1, 0.15) is 70.3 Å². The monoisotopic (exact) mass is 232 g/mol. The van der Waals surface area contributed by atoms with Crippen molar-refractivity contribution in [3.63, 3.8) is 0 Å². The average molecular weight is 232 g/mol. The lowest BCUT2D eigenvalue weighted by Gasteiger charge is -2.25. The Morgan fingerprint density at radius 3 is 2.59 bits per heavy atom. The highest BCUT2D eigenvalue weighted by atomic mass is 16.3. The van der Waals surface area contributed by atoms with E-state index in [0.29, 0.717) is 0 Å². The lowest BCUT2D eigenvalue weighted by molar-refractivity contribution is 0.161. The maximum absolute atomic E-state index is 10.2. The van der Waals surface area contributed by atoms with Gasteiger partial charge in [0.25, 0.3) is 0 Å². The SMILES string of the molecule is CCC(C)(C)c1ccc2c(c1)[C@H](O)CC2(C)C. The molecular formula is C16H24O. The van der Waals surface area contributed by atoms with Crippen molar-refractivity contribution in [1.82, 2.24) is 0 Å². The minimum Gasteiger partial charge on any atom is -0.388 e. The molecule has 0 unspecified atom stereocenters. The second kappa shape index (κ2) is 3.84. The van der Waals surface area contributed by atoms with E-state index in [1.54, 1.807) is 0 Å². The molecule has 1 nitrogen and oxygen atoms in total. The van der Waals surface area contributed by atoms with Crippen molar-refractivity contribution in [2.45, 2.75) is 64.4 Å². The van der Waals surface area contributed by atoms with Crippen LogP contribution in [0.4, 0.5) is 0 Å². The highest BCUT2D eigenvalue weighted by Gasteiger charge is 2.36. The van der Waals surface area contributed by atoms with Crippen molar-refractivity contribution in [2.75, 3.05) is 0 Å². The van der Waals surface area contributed by atoms with Gasteiger partial charge in [-0.15, -0.1) is 0 Å². The maximum Gasteiger partial charge on any atom is 0.0801 e. The zero-order valence-corrected chi connectivity index (χ0v) is 11.7. The molecule has 94 valence electrons. The molecule has 1 aliphatic carbocycles. The van der Waals surface area contributed by atoms with Gasteiger partial charge in [-0.2, -0.15) is 0 Å². The summed E-state index contributed by atoms with van der Waals surface area (Å²) in [4.78, 5) is 0. The van der Waals surface area contributed by atoms with Gasteiger partial charge in [-0.1, -0.05) is 52.8 Å². The first-order valence-electron chi connectivity index (χ1n) is 6.61. The van der Waals surface area contributed by atoms with Gasteiger partial charge in [0, 0.05) is 0 Å². The largest absolute Gasteiger partial charge is 0.388 e. The predicted octanol–water partition coefficient (Wildman–Crippen LogP) is 4.09. The predicted molar refractivity (Wildman–Crippen MR) is 72.4 cm³/mol. The topological polar surface area (TPSA) is 20.2 Å². The molecule has 0 aromatic heterocycles. The number of rotatable bonds is 2. The third kappa shape index (κ3) is 2.01. The molecule has 0 aliphatic heterocycles. The normalized spacial score (nSPS) is 22.6. The Kier molecular flexibility index (Phi) is 2.86. The van der Waals surface area contributed by atoms with Crippen LogP contribution < -0.4 is 0 Å². The molecular weight excluding hydrogens is 208 g/mol. The van der Waals surface area contributed by atoms with Gasteiger partial charge >= 0.3 is 0 Å². The van der Waals surface area contributed by atoms with Gasteiger partial charge in [-0.3, -0.25) is 0 Å². The molecule has 0 amide bonds. The van der Waals surface area contributed by atoms with Gasteiger partial charge in [-0.05, 0) is 40.4 Å². The fraction of sp³-hybridized carbons (Fsp3) is 0.625. The van der Waals surface area contributed by atoms with Gasteiger partial charge in [0.15, 0.2) is 0 Å². The Balaban J connectivity index is 2.50. The zero-order valence-electron chi connectivity index (χ0n) is 11.7. The molecule has 0 radical (unpaired) electrons. The molecule has 0 saturated carbocycles. The minimum absolute atomic E-state index is 0.115. The summed E-state index contributed by atoms with van der Waals surface area (Å²) in [5.41, 5.74) is 4.12. The molecule has 0 fully saturated rings. The van der Waals surface area contributed by atoms with Crippen LogP contribution in [-0.2, 0) is 10.8 Å². The minimum atomic E-state index is -0.285. The maximum atomic E-state index is 10.2. The van der Waals surface area contributed by atoms with Crippen LogP contribution in [0.15, 0.2) is 18.2 Å². The Bertz CT molecular complexity index is 429. The van der Waals surface area contributed by atoms with E-state index in [1.807, 2.05) is 0 Å². The molecule has 1 atom stereocenters. The summed E-state index contributed by atoms with van der Waals surface area (Å²) < 4.78 is 0. The quantitative estimate of drug-likeness (QED) is 0.814. The number of fused-ring (bicyclic) bond motifs is 1. The van der Waals surface area contributed by atoms with E-state index < -0.39 is 0 Å². The van der Waals surface area contributed by atoms with Crippen LogP contribution in [0.2, 0.25) is 0 Å². The summed E-state index contributed by atoms with van der Waals surface area (Å²) in [6.07, 6.45) is 1.68. The van der Waals surface area contributed by atoms with Crippen molar-refractivity contribution in [3.8, 4) is 0 Å². The standard InChI is InChI=1S/C16H24O/c1-6-15(2,3)11-7-8-13-12(9-11)14(17)10-16(13,4)5/h7-9,14,17H,6,10H2,1-5H3/t14-/m1/s1. The molecule has 2 rings (SSSR count). The first-order valence-corrected chi connectivity index (χ1v) is 6.61. The molecule has 0 bridgehead atoms. The molecule has 0 heterocycles. The van der Waals surface area contributed by atoms with E-state index in [1.165, 1.54) is 11.1 Å². The van der Waals surface area contributed by atoms with Crippen LogP contribution in [0.3, 0.4) is 0 Å². The lowest BCUT2D eigenvalue weighted by atomic mass is 9.79. The van der Waals surface area contributed by atoms with Crippen LogP contribution in [0.5, 0.6) is 0 Å². The average Bonchev–Trinajstić information content (AvgIpc) is 2.49. The number of benzene rings is 1. The third-order valence-electron chi connectivity index (χ3n) is 4.51. The Morgan fingerprint density at radius 1 is 1.35 bits per heavy atom.